The summed E-state index contributed by atoms with van der Waals surface area (Å²) in [5.74, 6) is 0.299. The minimum atomic E-state index is -3.77. The first-order chi connectivity index (χ1) is 12.6. The highest BCUT2D eigenvalue weighted by atomic mass is 32.2. The minimum absolute atomic E-state index is 0.254. The van der Waals surface area contributed by atoms with Gasteiger partial charge in [0.25, 0.3) is 0 Å². The Morgan fingerprint density at radius 2 is 1.63 bits per heavy atom. The Balaban J connectivity index is 2.11. The molecule has 146 valence electrons. The number of likely N-dealkylation sites (N-methyl/N-ethyl adjacent to an activating group) is 1. The monoisotopic (exact) mass is 390 g/mol. The van der Waals surface area contributed by atoms with Crippen molar-refractivity contribution >= 4 is 21.6 Å². The fourth-order valence-electron chi connectivity index (χ4n) is 3.02. The normalized spacial score (nSPS) is 11.5. The highest BCUT2D eigenvalue weighted by molar-refractivity contribution is 7.89. The van der Waals surface area contributed by atoms with E-state index in [9.17, 15) is 13.2 Å². The second-order valence-corrected chi connectivity index (χ2v) is 8.48. The summed E-state index contributed by atoms with van der Waals surface area (Å²) in [6, 6.07) is 10.6. The lowest BCUT2D eigenvalue weighted by Gasteiger charge is -2.20. The summed E-state index contributed by atoms with van der Waals surface area (Å²) in [7, 11) is -2.36. The molecule has 6 nitrogen and oxygen atoms in total. The molecule has 0 aliphatic carbocycles. The Morgan fingerprint density at radius 3 is 2.15 bits per heavy atom. The van der Waals surface area contributed by atoms with Crippen molar-refractivity contribution < 1.29 is 17.9 Å². The number of hydrogen-bond acceptors (Lipinski definition) is 4. The average molecular weight is 391 g/mol. The van der Waals surface area contributed by atoms with Crippen LogP contribution in [-0.2, 0) is 14.8 Å². The number of amides is 1. The van der Waals surface area contributed by atoms with Gasteiger partial charge < -0.3 is 10.1 Å². The van der Waals surface area contributed by atoms with Gasteiger partial charge in [-0.15, -0.1) is 0 Å². The lowest BCUT2D eigenvalue weighted by atomic mass is 10.1. The molecule has 0 aromatic heterocycles. The number of sulfonamides is 1. The van der Waals surface area contributed by atoms with Gasteiger partial charge in [0.2, 0.25) is 15.9 Å². The largest absolute Gasteiger partial charge is 0.494 e. The molecule has 2 rings (SSSR count). The van der Waals surface area contributed by atoms with Crippen LogP contribution in [0.25, 0.3) is 0 Å². The van der Waals surface area contributed by atoms with Crippen LogP contribution in [0.5, 0.6) is 5.75 Å². The first-order valence-corrected chi connectivity index (χ1v) is 10.2. The maximum Gasteiger partial charge on any atom is 0.243 e. The zero-order chi connectivity index (χ0) is 20.2. The third-order valence-corrected chi connectivity index (χ3v) is 6.20. The van der Waals surface area contributed by atoms with Crippen LogP contribution in [0, 0.1) is 20.8 Å². The van der Waals surface area contributed by atoms with Crippen molar-refractivity contribution in [1.82, 2.24) is 4.31 Å². The standard InChI is InChI=1S/C20H26N2O4S/c1-6-26-18-9-7-17(8-10-18)21-19(23)13-22(5)27(24,25)20-15(3)11-14(2)12-16(20)4/h7-12H,6,13H2,1-5H3,(H,21,23). The molecule has 0 saturated heterocycles. The summed E-state index contributed by atoms with van der Waals surface area (Å²) in [5, 5.41) is 2.70. The van der Waals surface area contributed by atoms with Crippen LogP contribution in [0.3, 0.4) is 0 Å². The molecule has 0 unspecified atom stereocenters. The molecule has 1 N–H and O–H groups in total. The van der Waals surface area contributed by atoms with Crippen molar-refractivity contribution in [2.24, 2.45) is 0 Å². The number of aryl methyl sites for hydroxylation is 3. The maximum absolute atomic E-state index is 12.9. The second kappa shape index (κ2) is 8.54. The fourth-order valence-corrected chi connectivity index (χ4v) is 4.55. The van der Waals surface area contributed by atoms with Gasteiger partial charge in [0.1, 0.15) is 5.75 Å². The molecule has 0 radical (unpaired) electrons. The summed E-state index contributed by atoms with van der Waals surface area (Å²) in [6.07, 6.45) is 0. The molecule has 0 aliphatic heterocycles. The van der Waals surface area contributed by atoms with Crippen LogP contribution in [0.15, 0.2) is 41.3 Å². The number of benzene rings is 2. The molecular weight excluding hydrogens is 364 g/mol. The molecule has 2 aromatic carbocycles. The van der Waals surface area contributed by atoms with Crippen molar-refractivity contribution in [3.8, 4) is 5.75 Å². The van der Waals surface area contributed by atoms with Gasteiger partial charge in [-0.1, -0.05) is 17.7 Å². The second-order valence-electron chi connectivity index (χ2n) is 6.49. The van der Waals surface area contributed by atoms with Crippen molar-refractivity contribution in [3.05, 3.63) is 53.1 Å². The molecule has 7 heteroatoms. The summed E-state index contributed by atoms with van der Waals surface area (Å²) < 4.78 is 32.3. The van der Waals surface area contributed by atoms with E-state index in [1.807, 2.05) is 26.0 Å². The number of nitrogens with one attached hydrogen (secondary N) is 1. The molecule has 2 aromatic rings. The minimum Gasteiger partial charge on any atom is -0.494 e. The van der Waals surface area contributed by atoms with E-state index in [4.69, 9.17) is 4.74 Å². The summed E-state index contributed by atoms with van der Waals surface area (Å²) in [5.41, 5.74) is 2.93. The van der Waals surface area contributed by atoms with Crippen LogP contribution in [0.4, 0.5) is 5.69 Å². The number of nitrogens with zero attached hydrogens (tertiary/aromatic N) is 1. The van der Waals surface area contributed by atoms with E-state index in [0.29, 0.717) is 29.2 Å². The Kier molecular flexibility index (Phi) is 6.62. The predicted octanol–water partition coefficient (Wildman–Crippen LogP) is 3.27. The predicted molar refractivity (Wildman–Crippen MR) is 107 cm³/mol. The zero-order valence-corrected chi connectivity index (χ0v) is 17.2. The van der Waals surface area contributed by atoms with E-state index in [2.05, 4.69) is 5.32 Å². The van der Waals surface area contributed by atoms with E-state index in [1.165, 1.54) is 7.05 Å². The van der Waals surface area contributed by atoms with Gasteiger partial charge in [-0.2, -0.15) is 4.31 Å². The van der Waals surface area contributed by atoms with Crippen molar-refractivity contribution in [2.75, 3.05) is 25.5 Å². The highest BCUT2D eigenvalue weighted by Gasteiger charge is 2.26. The van der Waals surface area contributed by atoms with Crippen molar-refractivity contribution in [1.29, 1.82) is 0 Å². The average Bonchev–Trinajstić information content (AvgIpc) is 2.55. The van der Waals surface area contributed by atoms with E-state index in [0.717, 1.165) is 9.87 Å². The summed E-state index contributed by atoms with van der Waals surface area (Å²) in [6.45, 7) is 7.63. The van der Waals surface area contributed by atoms with Gasteiger partial charge in [-0.3, -0.25) is 4.79 Å². The van der Waals surface area contributed by atoms with Crippen LogP contribution < -0.4 is 10.1 Å². The lowest BCUT2D eigenvalue weighted by Crippen LogP contribution is -2.35. The van der Waals surface area contributed by atoms with Gasteiger partial charge >= 0.3 is 0 Å². The third kappa shape index (κ3) is 5.08. The molecule has 0 spiro atoms. The smallest absolute Gasteiger partial charge is 0.243 e. The zero-order valence-electron chi connectivity index (χ0n) is 16.4. The number of rotatable bonds is 7. The van der Waals surface area contributed by atoms with Crippen LogP contribution in [0.2, 0.25) is 0 Å². The molecule has 0 atom stereocenters. The van der Waals surface area contributed by atoms with Crippen molar-refractivity contribution in [3.63, 3.8) is 0 Å². The SMILES string of the molecule is CCOc1ccc(NC(=O)CN(C)S(=O)(=O)c2c(C)cc(C)cc2C)cc1. The summed E-state index contributed by atoms with van der Waals surface area (Å²) in [4.78, 5) is 12.5. The molecule has 27 heavy (non-hydrogen) atoms. The maximum atomic E-state index is 12.9. The Hall–Kier alpha value is -2.38. The quantitative estimate of drug-likeness (QED) is 0.787. The van der Waals surface area contributed by atoms with E-state index in [1.54, 1.807) is 38.1 Å². The Bertz CT molecular complexity index is 898. The number of anilines is 1. The van der Waals surface area contributed by atoms with Gasteiger partial charge in [0.15, 0.2) is 0 Å². The first-order valence-electron chi connectivity index (χ1n) is 8.72. The first kappa shape index (κ1) is 20.9. The van der Waals surface area contributed by atoms with Crippen LogP contribution in [0.1, 0.15) is 23.6 Å². The summed E-state index contributed by atoms with van der Waals surface area (Å²) >= 11 is 0. The van der Waals surface area contributed by atoms with Gasteiger partial charge in [0.05, 0.1) is 18.0 Å². The van der Waals surface area contributed by atoms with Gasteiger partial charge in [-0.25, -0.2) is 8.42 Å². The molecule has 0 saturated carbocycles. The number of ether oxygens (including phenoxy) is 1. The van der Waals surface area contributed by atoms with Gasteiger partial charge in [0, 0.05) is 12.7 Å². The van der Waals surface area contributed by atoms with E-state index < -0.39 is 15.9 Å². The Labute approximate surface area is 161 Å². The molecule has 1 amide bonds. The van der Waals surface area contributed by atoms with E-state index in [-0.39, 0.29) is 11.4 Å². The number of hydrogen-bond donors (Lipinski definition) is 1. The molecular formula is C20H26N2O4S. The van der Waals surface area contributed by atoms with Gasteiger partial charge in [-0.05, 0) is 63.1 Å². The van der Waals surface area contributed by atoms with Crippen LogP contribution in [-0.4, -0.2) is 38.8 Å². The van der Waals surface area contributed by atoms with Crippen molar-refractivity contribution in [2.45, 2.75) is 32.6 Å². The number of carbonyl (C=O) groups is 1. The molecule has 0 aliphatic rings. The van der Waals surface area contributed by atoms with E-state index >= 15 is 0 Å². The Morgan fingerprint density at radius 1 is 1.07 bits per heavy atom. The third-order valence-electron chi connectivity index (χ3n) is 4.09. The number of carbonyl (C=O) groups excluding carboxylic acids is 1. The fraction of sp³-hybridized carbons (Fsp3) is 0.350. The topological polar surface area (TPSA) is 75.7 Å². The molecule has 0 heterocycles. The highest BCUT2D eigenvalue weighted by Crippen LogP contribution is 2.24. The molecule has 0 bridgehead atoms. The molecule has 0 fully saturated rings. The van der Waals surface area contributed by atoms with Crippen LogP contribution >= 0.6 is 0 Å². The lowest BCUT2D eigenvalue weighted by molar-refractivity contribution is -0.116.